The third-order valence-corrected chi connectivity index (χ3v) is 3.65. The van der Waals surface area contributed by atoms with E-state index in [4.69, 9.17) is 0 Å². The van der Waals surface area contributed by atoms with Gasteiger partial charge in [-0.2, -0.15) is 0 Å². The van der Waals surface area contributed by atoms with Crippen molar-refractivity contribution >= 4 is 11.8 Å². The van der Waals surface area contributed by atoms with Gasteiger partial charge in [-0.3, -0.25) is 9.59 Å². The summed E-state index contributed by atoms with van der Waals surface area (Å²) in [4.78, 5) is 23.6. The van der Waals surface area contributed by atoms with Crippen LogP contribution in [0.2, 0.25) is 0 Å². The summed E-state index contributed by atoms with van der Waals surface area (Å²) < 4.78 is 13.4. The molecule has 0 saturated heterocycles. The molecule has 2 amide bonds. The average molecular weight is 328 g/mol. The van der Waals surface area contributed by atoms with E-state index in [-0.39, 0.29) is 17.4 Å². The molecular weight excluding hydrogens is 307 g/mol. The van der Waals surface area contributed by atoms with Gasteiger partial charge in [-0.05, 0) is 36.6 Å². The first-order chi connectivity index (χ1) is 11.6. The van der Waals surface area contributed by atoms with Crippen molar-refractivity contribution in [3.8, 4) is 0 Å². The molecule has 0 spiro atoms. The number of rotatable bonds is 7. The van der Waals surface area contributed by atoms with E-state index in [2.05, 4.69) is 10.6 Å². The van der Waals surface area contributed by atoms with Crippen molar-refractivity contribution in [2.45, 2.75) is 19.8 Å². The second-order valence-corrected chi connectivity index (χ2v) is 5.56. The van der Waals surface area contributed by atoms with E-state index in [1.165, 1.54) is 6.07 Å². The summed E-state index contributed by atoms with van der Waals surface area (Å²) in [5, 5.41) is 5.41. The first kappa shape index (κ1) is 17.7. The van der Waals surface area contributed by atoms with Crippen LogP contribution in [0.15, 0.2) is 48.5 Å². The molecule has 4 nitrogen and oxygen atoms in total. The number of hydrogen-bond donors (Lipinski definition) is 2. The molecule has 0 atom stereocenters. The van der Waals surface area contributed by atoms with Crippen molar-refractivity contribution in [3.63, 3.8) is 0 Å². The Hall–Kier alpha value is -2.69. The van der Waals surface area contributed by atoms with E-state index in [0.717, 1.165) is 5.56 Å². The third-order valence-electron chi connectivity index (χ3n) is 3.65. The van der Waals surface area contributed by atoms with Gasteiger partial charge >= 0.3 is 0 Å². The van der Waals surface area contributed by atoms with Gasteiger partial charge in [0.1, 0.15) is 5.82 Å². The molecular formula is C19H21FN2O2. The molecule has 0 aliphatic rings. The minimum absolute atomic E-state index is 0.0607. The smallest absolute Gasteiger partial charge is 0.251 e. The van der Waals surface area contributed by atoms with Gasteiger partial charge in [0.05, 0.1) is 0 Å². The molecule has 5 heteroatoms. The van der Waals surface area contributed by atoms with Crippen LogP contribution in [0.1, 0.15) is 27.9 Å². The zero-order valence-electron chi connectivity index (χ0n) is 13.6. The van der Waals surface area contributed by atoms with Crippen molar-refractivity contribution in [1.29, 1.82) is 0 Å². The normalized spacial score (nSPS) is 10.2. The number of amides is 2. The zero-order valence-corrected chi connectivity index (χ0v) is 13.6. The van der Waals surface area contributed by atoms with Crippen LogP contribution in [0.3, 0.4) is 0 Å². The fourth-order valence-electron chi connectivity index (χ4n) is 2.21. The second-order valence-electron chi connectivity index (χ2n) is 5.56. The first-order valence-electron chi connectivity index (χ1n) is 7.91. The lowest BCUT2D eigenvalue weighted by Gasteiger charge is -2.08. The lowest BCUT2D eigenvalue weighted by atomic mass is 10.1. The number of halogens is 1. The van der Waals surface area contributed by atoms with Gasteiger partial charge in [-0.1, -0.05) is 36.4 Å². The standard InChI is InChI=1S/C19H21FN2O2/c1-14-7-9-16(13-17(14)20)19(24)22-12-11-21-18(23)10-8-15-5-3-2-4-6-15/h2-7,9,13H,8,10-12H2,1H3,(H,21,23)(H,22,24). The van der Waals surface area contributed by atoms with E-state index in [1.807, 2.05) is 30.3 Å². The van der Waals surface area contributed by atoms with Crippen LogP contribution in [0, 0.1) is 12.7 Å². The number of aryl methyl sites for hydroxylation is 2. The predicted molar refractivity (Wildman–Crippen MR) is 91.2 cm³/mol. The molecule has 0 unspecified atom stereocenters. The second kappa shape index (κ2) is 8.82. The van der Waals surface area contributed by atoms with Gasteiger partial charge in [0.2, 0.25) is 5.91 Å². The maximum Gasteiger partial charge on any atom is 0.251 e. The zero-order chi connectivity index (χ0) is 17.4. The van der Waals surface area contributed by atoms with Gasteiger partial charge in [0.25, 0.3) is 5.91 Å². The molecule has 126 valence electrons. The van der Waals surface area contributed by atoms with Crippen LogP contribution in [0.25, 0.3) is 0 Å². The Balaban J connectivity index is 1.65. The number of nitrogens with one attached hydrogen (secondary N) is 2. The summed E-state index contributed by atoms with van der Waals surface area (Å²) in [6.45, 7) is 2.28. The third kappa shape index (κ3) is 5.50. The van der Waals surface area contributed by atoms with Crippen LogP contribution in [-0.2, 0) is 11.2 Å². The van der Waals surface area contributed by atoms with E-state index >= 15 is 0 Å². The largest absolute Gasteiger partial charge is 0.354 e. The Bertz CT molecular complexity index is 702. The molecule has 0 heterocycles. The molecule has 0 saturated carbocycles. The maximum atomic E-state index is 13.4. The van der Waals surface area contributed by atoms with Gasteiger partial charge in [0, 0.05) is 25.1 Å². The summed E-state index contributed by atoms with van der Waals surface area (Å²) in [5.74, 6) is -0.821. The molecule has 0 fully saturated rings. The molecule has 24 heavy (non-hydrogen) atoms. The van der Waals surface area contributed by atoms with Crippen molar-refractivity contribution in [1.82, 2.24) is 10.6 Å². The average Bonchev–Trinajstić information content (AvgIpc) is 2.60. The molecule has 2 aromatic rings. The van der Waals surface area contributed by atoms with Crippen molar-refractivity contribution in [3.05, 3.63) is 71.0 Å². The SMILES string of the molecule is Cc1ccc(C(=O)NCCNC(=O)CCc2ccccc2)cc1F. The fourth-order valence-corrected chi connectivity index (χ4v) is 2.21. The summed E-state index contributed by atoms with van der Waals surface area (Å²) in [6, 6.07) is 14.1. The van der Waals surface area contributed by atoms with E-state index in [9.17, 15) is 14.0 Å². The van der Waals surface area contributed by atoms with Crippen LogP contribution < -0.4 is 10.6 Å². The summed E-state index contributed by atoms with van der Waals surface area (Å²) >= 11 is 0. The summed E-state index contributed by atoms with van der Waals surface area (Å²) in [5.41, 5.74) is 1.88. The molecule has 0 aromatic heterocycles. The number of hydrogen-bond acceptors (Lipinski definition) is 2. The number of benzene rings is 2. The summed E-state index contributed by atoms with van der Waals surface area (Å²) in [7, 11) is 0. The van der Waals surface area contributed by atoms with Gasteiger partial charge in [-0.15, -0.1) is 0 Å². The Labute approximate surface area is 141 Å². The highest BCUT2D eigenvalue weighted by Crippen LogP contribution is 2.08. The molecule has 0 aliphatic heterocycles. The predicted octanol–water partition coefficient (Wildman–Crippen LogP) is 2.61. The highest BCUT2D eigenvalue weighted by Gasteiger charge is 2.08. The van der Waals surface area contributed by atoms with Crippen molar-refractivity contribution in [2.24, 2.45) is 0 Å². The Morgan fingerprint density at radius 2 is 1.71 bits per heavy atom. The van der Waals surface area contributed by atoms with Gasteiger partial charge in [-0.25, -0.2) is 4.39 Å². The summed E-state index contributed by atoms with van der Waals surface area (Å²) in [6.07, 6.45) is 1.09. The van der Waals surface area contributed by atoms with Crippen molar-refractivity contribution in [2.75, 3.05) is 13.1 Å². The minimum Gasteiger partial charge on any atom is -0.354 e. The first-order valence-corrected chi connectivity index (χ1v) is 7.91. The molecule has 2 aromatic carbocycles. The lowest BCUT2D eigenvalue weighted by Crippen LogP contribution is -2.34. The fraction of sp³-hybridized carbons (Fsp3) is 0.263. The molecule has 2 N–H and O–H groups in total. The van der Waals surface area contributed by atoms with Crippen LogP contribution in [0.4, 0.5) is 4.39 Å². The maximum absolute atomic E-state index is 13.4. The monoisotopic (exact) mass is 328 g/mol. The Kier molecular flexibility index (Phi) is 6.49. The van der Waals surface area contributed by atoms with Crippen molar-refractivity contribution < 1.29 is 14.0 Å². The van der Waals surface area contributed by atoms with E-state index in [0.29, 0.717) is 31.5 Å². The highest BCUT2D eigenvalue weighted by atomic mass is 19.1. The quantitative estimate of drug-likeness (QED) is 0.768. The highest BCUT2D eigenvalue weighted by molar-refractivity contribution is 5.94. The molecule has 0 bridgehead atoms. The molecule has 0 radical (unpaired) electrons. The van der Waals surface area contributed by atoms with Crippen LogP contribution in [-0.4, -0.2) is 24.9 Å². The molecule has 2 rings (SSSR count). The van der Waals surface area contributed by atoms with Crippen LogP contribution >= 0.6 is 0 Å². The van der Waals surface area contributed by atoms with E-state index in [1.54, 1.807) is 19.1 Å². The van der Waals surface area contributed by atoms with Gasteiger partial charge < -0.3 is 10.6 Å². The molecule has 0 aliphatic carbocycles. The van der Waals surface area contributed by atoms with Crippen LogP contribution in [0.5, 0.6) is 0 Å². The minimum atomic E-state index is -0.406. The van der Waals surface area contributed by atoms with E-state index < -0.39 is 5.82 Å². The lowest BCUT2D eigenvalue weighted by molar-refractivity contribution is -0.121. The Morgan fingerprint density at radius 1 is 1.00 bits per heavy atom. The number of carbonyl (C=O) groups excluding carboxylic acids is 2. The Morgan fingerprint density at radius 3 is 2.42 bits per heavy atom. The number of carbonyl (C=O) groups is 2. The van der Waals surface area contributed by atoms with Gasteiger partial charge in [0.15, 0.2) is 0 Å². The topological polar surface area (TPSA) is 58.2 Å².